The van der Waals surface area contributed by atoms with Crippen LogP contribution in [0.5, 0.6) is 0 Å². The van der Waals surface area contributed by atoms with Gasteiger partial charge in [0.1, 0.15) is 0 Å². The van der Waals surface area contributed by atoms with Gasteiger partial charge in [-0.15, -0.1) is 0 Å². The molecule has 0 saturated heterocycles. The van der Waals surface area contributed by atoms with Gasteiger partial charge in [0, 0.05) is 28.2 Å². The van der Waals surface area contributed by atoms with Gasteiger partial charge in [-0.3, -0.25) is 9.59 Å². The molecule has 2 atom stereocenters. The predicted octanol–water partition coefficient (Wildman–Crippen LogP) is 3.97. The van der Waals surface area contributed by atoms with Crippen molar-refractivity contribution in [2.45, 2.75) is 31.2 Å². The van der Waals surface area contributed by atoms with Gasteiger partial charge in [-0.25, -0.2) is 0 Å². The van der Waals surface area contributed by atoms with E-state index in [0.717, 1.165) is 24.8 Å². The molecule has 2 saturated carbocycles. The van der Waals surface area contributed by atoms with Crippen molar-refractivity contribution in [1.29, 1.82) is 0 Å². The molecule has 0 spiro atoms. The molecule has 2 aromatic carbocycles. The number of carbonyl (C=O) groups excluding carboxylic acids is 2. The Balaban J connectivity index is 1.40. The van der Waals surface area contributed by atoms with Gasteiger partial charge in [-0.1, -0.05) is 35.9 Å². The van der Waals surface area contributed by atoms with Crippen molar-refractivity contribution in [2.75, 3.05) is 5.32 Å². The van der Waals surface area contributed by atoms with Crippen molar-refractivity contribution in [1.82, 2.24) is 5.32 Å². The highest BCUT2D eigenvalue weighted by molar-refractivity contribution is 6.31. The van der Waals surface area contributed by atoms with Gasteiger partial charge in [-0.05, 0) is 55.0 Å². The van der Waals surface area contributed by atoms with Crippen LogP contribution in [0, 0.1) is 5.92 Å². The summed E-state index contributed by atoms with van der Waals surface area (Å²) in [5.74, 6) is 0.00234. The Morgan fingerprint density at radius 2 is 1.84 bits per heavy atom. The highest BCUT2D eigenvalue weighted by atomic mass is 35.5. The second-order valence-electron chi connectivity index (χ2n) is 6.79. The van der Waals surface area contributed by atoms with Gasteiger partial charge in [0.15, 0.2) is 0 Å². The molecule has 5 heteroatoms. The maximum Gasteiger partial charge on any atom is 0.251 e. The highest BCUT2D eigenvalue weighted by Gasteiger charge is 2.44. The number of rotatable bonds is 5. The molecule has 0 bridgehead atoms. The van der Waals surface area contributed by atoms with Gasteiger partial charge < -0.3 is 10.6 Å². The Labute approximate surface area is 151 Å². The van der Waals surface area contributed by atoms with Gasteiger partial charge in [0.25, 0.3) is 5.91 Å². The third kappa shape index (κ3) is 3.69. The molecule has 2 aliphatic rings. The van der Waals surface area contributed by atoms with Crippen LogP contribution >= 0.6 is 11.6 Å². The monoisotopic (exact) mass is 354 g/mol. The molecule has 4 nitrogen and oxygen atoms in total. The maximum atomic E-state index is 12.5. The molecule has 128 valence electrons. The van der Waals surface area contributed by atoms with Gasteiger partial charge in [0.2, 0.25) is 5.91 Å². The Kier molecular flexibility index (Phi) is 4.22. The van der Waals surface area contributed by atoms with Crippen LogP contribution in [0.2, 0.25) is 5.02 Å². The SMILES string of the molecule is O=C(NC1CC1)c1cccc(NC(=O)C2CC2c2ccccc2Cl)c1. The molecular formula is C20H19ClN2O2. The van der Waals surface area contributed by atoms with Crippen LogP contribution in [0.15, 0.2) is 48.5 Å². The van der Waals surface area contributed by atoms with Gasteiger partial charge in [-0.2, -0.15) is 0 Å². The third-order valence-corrected chi connectivity index (χ3v) is 5.08. The first-order chi connectivity index (χ1) is 12.1. The summed E-state index contributed by atoms with van der Waals surface area (Å²) >= 11 is 6.22. The summed E-state index contributed by atoms with van der Waals surface area (Å²) < 4.78 is 0. The lowest BCUT2D eigenvalue weighted by Crippen LogP contribution is -2.25. The van der Waals surface area contributed by atoms with E-state index in [0.29, 0.717) is 22.3 Å². The fraction of sp³-hybridized carbons (Fsp3) is 0.300. The average Bonchev–Trinajstić information content (AvgIpc) is 3.50. The summed E-state index contributed by atoms with van der Waals surface area (Å²) in [6.07, 6.45) is 2.90. The molecule has 2 fully saturated rings. The normalized spacial score (nSPS) is 21.5. The van der Waals surface area contributed by atoms with Crippen molar-refractivity contribution >= 4 is 29.1 Å². The number of hydrogen-bond donors (Lipinski definition) is 2. The molecule has 2 N–H and O–H groups in total. The zero-order chi connectivity index (χ0) is 17.4. The third-order valence-electron chi connectivity index (χ3n) is 4.74. The minimum absolute atomic E-state index is 0.0235. The zero-order valence-corrected chi connectivity index (χ0v) is 14.4. The summed E-state index contributed by atoms with van der Waals surface area (Å²) in [6, 6.07) is 15.1. The second kappa shape index (κ2) is 6.52. The van der Waals surface area contributed by atoms with E-state index in [1.165, 1.54) is 0 Å². The van der Waals surface area contributed by atoms with Crippen molar-refractivity contribution < 1.29 is 9.59 Å². The highest BCUT2D eigenvalue weighted by Crippen LogP contribution is 2.50. The van der Waals surface area contributed by atoms with Crippen LogP contribution in [0.1, 0.15) is 41.1 Å². The fourth-order valence-corrected chi connectivity index (χ4v) is 3.35. The molecule has 0 aliphatic heterocycles. The summed E-state index contributed by atoms with van der Waals surface area (Å²) in [7, 11) is 0. The first kappa shape index (κ1) is 16.2. The Hall–Kier alpha value is -2.33. The van der Waals surface area contributed by atoms with E-state index < -0.39 is 0 Å². The Morgan fingerprint density at radius 3 is 2.60 bits per heavy atom. The summed E-state index contributed by atoms with van der Waals surface area (Å²) in [6.45, 7) is 0. The largest absolute Gasteiger partial charge is 0.349 e. The molecule has 2 amide bonds. The molecule has 0 aromatic heterocycles. The smallest absolute Gasteiger partial charge is 0.251 e. The van der Waals surface area contributed by atoms with Crippen molar-refractivity contribution in [3.63, 3.8) is 0 Å². The zero-order valence-electron chi connectivity index (χ0n) is 13.7. The van der Waals surface area contributed by atoms with E-state index >= 15 is 0 Å². The average molecular weight is 355 g/mol. The van der Waals surface area contributed by atoms with Gasteiger partial charge in [0.05, 0.1) is 0 Å². The van der Waals surface area contributed by atoms with Crippen LogP contribution in [-0.2, 0) is 4.79 Å². The molecule has 0 radical (unpaired) electrons. The minimum atomic E-state index is -0.0843. The number of anilines is 1. The molecule has 0 heterocycles. The molecule has 25 heavy (non-hydrogen) atoms. The van der Waals surface area contributed by atoms with Crippen LogP contribution in [-0.4, -0.2) is 17.9 Å². The lowest BCUT2D eigenvalue weighted by molar-refractivity contribution is -0.117. The molecule has 4 rings (SSSR count). The quantitative estimate of drug-likeness (QED) is 0.853. The van der Waals surface area contributed by atoms with Crippen LogP contribution in [0.3, 0.4) is 0 Å². The van der Waals surface area contributed by atoms with Crippen LogP contribution < -0.4 is 10.6 Å². The first-order valence-corrected chi connectivity index (χ1v) is 8.96. The molecule has 2 unspecified atom stereocenters. The molecular weight excluding hydrogens is 336 g/mol. The number of nitrogens with one attached hydrogen (secondary N) is 2. The van der Waals surface area contributed by atoms with Gasteiger partial charge >= 0.3 is 0 Å². The van der Waals surface area contributed by atoms with Crippen molar-refractivity contribution in [3.05, 3.63) is 64.7 Å². The van der Waals surface area contributed by atoms with E-state index in [1.807, 2.05) is 24.3 Å². The minimum Gasteiger partial charge on any atom is -0.349 e. The number of hydrogen-bond acceptors (Lipinski definition) is 2. The van der Waals surface area contributed by atoms with E-state index in [4.69, 9.17) is 11.6 Å². The second-order valence-corrected chi connectivity index (χ2v) is 7.20. The topological polar surface area (TPSA) is 58.2 Å². The number of benzene rings is 2. The molecule has 2 aromatic rings. The van der Waals surface area contributed by atoms with E-state index in [-0.39, 0.29) is 23.7 Å². The van der Waals surface area contributed by atoms with E-state index in [9.17, 15) is 9.59 Å². The predicted molar refractivity (Wildman–Crippen MR) is 97.9 cm³/mol. The Morgan fingerprint density at radius 1 is 1.04 bits per heavy atom. The maximum absolute atomic E-state index is 12.5. The van der Waals surface area contributed by atoms with Crippen LogP contribution in [0.4, 0.5) is 5.69 Å². The fourth-order valence-electron chi connectivity index (χ4n) is 3.07. The van der Waals surface area contributed by atoms with Crippen LogP contribution in [0.25, 0.3) is 0 Å². The van der Waals surface area contributed by atoms with Crippen molar-refractivity contribution in [2.24, 2.45) is 5.92 Å². The number of halogens is 1. The Bertz CT molecular complexity index is 832. The number of amides is 2. The lowest BCUT2D eigenvalue weighted by Gasteiger charge is -2.08. The first-order valence-electron chi connectivity index (χ1n) is 8.58. The van der Waals surface area contributed by atoms with E-state index in [2.05, 4.69) is 10.6 Å². The summed E-state index contributed by atoms with van der Waals surface area (Å²) in [4.78, 5) is 24.6. The standard InChI is InChI=1S/C20H19ClN2O2/c21-18-7-2-1-6-15(18)16-11-17(16)20(25)23-14-5-3-4-12(10-14)19(24)22-13-8-9-13/h1-7,10,13,16-17H,8-9,11H2,(H,22,24)(H,23,25). The summed E-state index contributed by atoms with van der Waals surface area (Å²) in [5.41, 5.74) is 2.25. The van der Waals surface area contributed by atoms with Crippen molar-refractivity contribution in [3.8, 4) is 0 Å². The van der Waals surface area contributed by atoms with E-state index in [1.54, 1.807) is 24.3 Å². The molecule has 2 aliphatic carbocycles. The summed E-state index contributed by atoms with van der Waals surface area (Å²) in [5, 5.41) is 6.59. The lowest BCUT2D eigenvalue weighted by atomic mass is 10.1. The number of carbonyl (C=O) groups is 2.